The van der Waals surface area contributed by atoms with Crippen LogP contribution in [0.4, 0.5) is 10.5 Å². The summed E-state index contributed by atoms with van der Waals surface area (Å²) in [6.45, 7) is 1.67. The minimum Gasteiger partial charge on any atom is -0.465 e. The summed E-state index contributed by atoms with van der Waals surface area (Å²) in [6, 6.07) is 11.3. The normalized spacial score (nSPS) is 9.88. The molecule has 0 bridgehead atoms. The van der Waals surface area contributed by atoms with Crippen LogP contribution in [0.5, 0.6) is 5.75 Å². The van der Waals surface area contributed by atoms with Gasteiger partial charge in [0.05, 0.1) is 25.3 Å². The number of nitrogens with one attached hydrogen (secondary N) is 1. The van der Waals surface area contributed by atoms with Crippen molar-refractivity contribution in [1.29, 1.82) is 0 Å². The Morgan fingerprint density at radius 2 is 1.44 bits per heavy atom. The molecule has 0 saturated heterocycles. The van der Waals surface area contributed by atoms with Crippen LogP contribution in [0.3, 0.4) is 0 Å². The van der Waals surface area contributed by atoms with Crippen molar-refractivity contribution in [2.45, 2.75) is 6.92 Å². The third kappa shape index (κ3) is 4.35. The van der Waals surface area contributed by atoms with Crippen molar-refractivity contribution < 1.29 is 28.6 Å². The van der Waals surface area contributed by atoms with E-state index in [0.717, 1.165) is 0 Å². The van der Waals surface area contributed by atoms with Crippen LogP contribution in [0.1, 0.15) is 26.3 Å². The lowest BCUT2D eigenvalue weighted by Crippen LogP contribution is -2.19. The van der Waals surface area contributed by atoms with Crippen molar-refractivity contribution in [2.75, 3.05) is 19.5 Å². The molecule has 0 aliphatic rings. The standard InChI is InChI=1S/C18H17NO6/c1-11-9-13(16(20)23-2)14(17(21)24-3)10-15(11)19-18(22)25-12-7-5-4-6-8-12/h4-10H,1-3H3,(H,19,22). The lowest BCUT2D eigenvalue weighted by molar-refractivity contribution is 0.0555. The van der Waals surface area contributed by atoms with E-state index < -0.39 is 18.0 Å². The van der Waals surface area contributed by atoms with Crippen LogP contribution in [0.15, 0.2) is 42.5 Å². The van der Waals surface area contributed by atoms with Gasteiger partial charge < -0.3 is 14.2 Å². The zero-order chi connectivity index (χ0) is 18.4. The lowest BCUT2D eigenvalue weighted by Gasteiger charge is -2.13. The summed E-state index contributed by atoms with van der Waals surface area (Å²) in [4.78, 5) is 35.8. The molecule has 2 aromatic rings. The van der Waals surface area contributed by atoms with Crippen LogP contribution in [0, 0.1) is 6.92 Å². The van der Waals surface area contributed by atoms with Gasteiger partial charge in [-0.3, -0.25) is 5.32 Å². The first-order valence-electron chi connectivity index (χ1n) is 7.31. The highest BCUT2D eigenvalue weighted by molar-refractivity contribution is 6.05. The highest BCUT2D eigenvalue weighted by Gasteiger charge is 2.21. The fourth-order valence-corrected chi connectivity index (χ4v) is 2.13. The zero-order valence-corrected chi connectivity index (χ0v) is 14.0. The predicted molar refractivity (Wildman–Crippen MR) is 89.9 cm³/mol. The van der Waals surface area contributed by atoms with Crippen LogP contribution in [0.2, 0.25) is 0 Å². The van der Waals surface area contributed by atoms with Crippen molar-refractivity contribution in [2.24, 2.45) is 0 Å². The Labute approximate surface area is 144 Å². The Morgan fingerprint density at radius 3 is 2.00 bits per heavy atom. The van der Waals surface area contributed by atoms with Gasteiger partial charge in [0.25, 0.3) is 0 Å². The Bertz CT molecular complexity index is 801. The number of ether oxygens (including phenoxy) is 3. The average Bonchev–Trinajstić information content (AvgIpc) is 2.62. The number of carbonyl (C=O) groups is 3. The molecule has 0 fully saturated rings. The highest BCUT2D eigenvalue weighted by Crippen LogP contribution is 2.23. The number of anilines is 1. The van der Waals surface area contributed by atoms with E-state index >= 15 is 0 Å². The maximum absolute atomic E-state index is 12.0. The van der Waals surface area contributed by atoms with E-state index in [0.29, 0.717) is 17.0 Å². The van der Waals surface area contributed by atoms with Gasteiger partial charge in [0.1, 0.15) is 5.75 Å². The van der Waals surface area contributed by atoms with E-state index in [4.69, 9.17) is 4.74 Å². The molecule has 2 aromatic carbocycles. The van der Waals surface area contributed by atoms with Crippen LogP contribution < -0.4 is 10.1 Å². The molecule has 0 atom stereocenters. The number of para-hydroxylation sites is 1. The number of hydrogen-bond donors (Lipinski definition) is 1. The topological polar surface area (TPSA) is 90.9 Å². The van der Waals surface area contributed by atoms with Gasteiger partial charge in [-0.1, -0.05) is 18.2 Å². The van der Waals surface area contributed by atoms with Gasteiger partial charge in [-0.15, -0.1) is 0 Å². The minimum absolute atomic E-state index is 0.0186. The molecule has 7 nitrogen and oxygen atoms in total. The molecule has 0 spiro atoms. The molecule has 0 aliphatic carbocycles. The Morgan fingerprint density at radius 1 is 0.880 bits per heavy atom. The second kappa shape index (κ2) is 7.96. The molecular weight excluding hydrogens is 326 g/mol. The predicted octanol–water partition coefficient (Wildman–Crippen LogP) is 3.18. The summed E-state index contributed by atoms with van der Waals surface area (Å²) in [5, 5.41) is 2.54. The summed E-state index contributed by atoms with van der Waals surface area (Å²) in [5.74, 6) is -1.03. The van der Waals surface area contributed by atoms with E-state index in [1.807, 2.05) is 0 Å². The maximum Gasteiger partial charge on any atom is 0.417 e. The monoisotopic (exact) mass is 343 g/mol. The number of methoxy groups -OCH3 is 2. The van der Waals surface area contributed by atoms with Gasteiger partial charge in [0.15, 0.2) is 0 Å². The largest absolute Gasteiger partial charge is 0.465 e. The van der Waals surface area contributed by atoms with E-state index in [1.54, 1.807) is 37.3 Å². The van der Waals surface area contributed by atoms with Crippen LogP contribution in [-0.4, -0.2) is 32.3 Å². The first-order chi connectivity index (χ1) is 12.0. The number of aryl methyl sites for hydroxylation is 1. The molecule has 0 unspecified atom stereocenters. The first kappa shape index (κ1) is 18.0. The molecule has 0 aliphatic heterocycles. The van der Waals surface area contributed by atoms with Gasteiger partial charge >= 0.3 is 18.0 Å². The number of benzene rings is 2. The molecule has 0 aromatic heterocycles. The SMILES string of the molecule is COC(=O)c1cc(C)c(NC(=O)Oc2ccccc2)cc1C(=O)OC. The van der Waals surface area contributed by atoms with E-state index in [-0.39, 0.29) is 11.1 Å². The van der Waals surface area contributed by atoms with Gasteiger partial charge in [-0.2, -0.15) is 0 Å². The summed E-state index contributed by atoms with van der Waals surface area (Å²) in [7, 11) is 2.40. The van der Waals surface area contributed by atoms with Gasteiger partial charge in [-0.05, 0) is 36.8 Å². The van der Waals surface area contributed by atoms with Crippen molar-refractivity contribution in [1.82, 2.24) is 0 Å². The number of carbonyl (C=O) groups excluding carboxylic acids is 3. The quantitative estimate of drug-likeness (QED) is 0.858. The zero-order valence-electron chi connectivity index (χ0n) is 14.0. The second-order valence-electron chi connectivity index (χ2n) is 5.02. The molecule has 1 amide bonds. The number of esters is 2. The van der Waals surface area contributed by atoms with Crippen LogP contribution in [0.25, 0.3) is 0 Å². The second-order valence-corrected chi connectivity index (χ2v) is 5.02. The van der Waals surface area contributed by atoms with Crippen molar-refractivity contribution in [3.8, 4) is 5.75 Å². The summed E-state index contributed by atoms with van der Waals surface area (Å²) < 4.78 is 14.5. The van der Waals surface area contributed by atoms with Gasteiger partial charge in [0.2, 0.25) is 0 Å². The molecular formula is C18H17NO6. The van der Waals surface area contributed by atoms with Gasteiger partial charge in [0, 0.05) is 5.69 Å². The summed E-state index contributed by atoms with van der Waals surface area (Å²) in [5.41, 5.74) is 0.899. The third-order valence-electron chi connectivity index (χ3n) is 3.37. The Kier molecular flexibility index (Phi) is 5.73. The maximum atomic E-state index is 12.0. The van der Waals surface area contributed by atoms with Gasteiger partial charge in [-0.25, -0.2) is 14.4 Å². The molecule has 130 valence electrons. The average molecular weight is 343 g/mol. The van der Waals surface area contributed by atoms with Crippen molar-refractivity contribution >= 4 is 23.7 Å². The Balaban J connectivity index is 2.30. The molecule has 0 heterocycles. The number of rotatable bonds is 4. The molecule has 25 heavy (non-hydrogen) atoms. The lowest BCUT2D eigenvalue weighted by atomic mass is 10.0. The van der Waals surface area contributed by atoms with Crippen LogP contribution in [-0.2, 0) is 9.47 Å². The summed E-state index contributed by atoms with van der Waals surface area (Å²) >= 11 is 0. The number of hydrogen-bond acceptors (Lipinski definition) is 6. The smallest absolute Gasteiger partial charge is 0.417 e. The van der Waals surface area contributed by atoms with Crippen LogP contribution >= 0.6 is 0 Å². The third-order valence-corrected chi connectivity index (χ3v) is 3.37. The van der Waals surface area contributed by atoms with E-state index in [2.05, 4.69) is 14.8 Å². The highest BCUT2D eigenvalue weighted by atomic mass is 16.6. The fourth-order valence-electron chi connectivity index (χ4n) is 2.13. The number of amides is 1. The van der Waals surface area contributed by atoms with Crippen molar-refractivity contribution in [3.05, 3.63) is 59.2 Å². The van der Waals surface area contributed by atoms with Crippen molar-refractivity contribution in [3.63, 3.8) is 0 Å². The fraction of sp³-hybridized carbons (Fsp3) is 0.167. The molecule has 0 saturated carbocycles. The van der Waals surface area contributed by atoms with E-state index in [9.17, 15) is 14.4 Å². The minimum atomic E-state index is -0.726. The molecule has 0 radical (unpaired) electrons. The molecule has 2 rings (SSSR count). The summed E-state index contributed by atoms with van der Waals surface area (Å²) in [6.07, 6.45) is -0.726. The Hall–Kier alpha value is -3.35. The molecule has 1 N–H and O–H groups in total. The first-order valence-corrected chi connectivity index (χ1v) is 7.31. The molecule has 7 heteroatoms. The van der Waals surface area contributed by atoms with E-state index in [1.165, 1.54) is 26.4 Å².